The zero-order chi connectivity index (χ0) is 16.2. The lowest BCUT2D eigenvalue weighted by atomic mass is 10.1. The van der Waals surface area contributed by atoms with Gasteiger partial charge in [-0.15, -0.1) is 0 Å². The van der Waals surface area contributed by atoms with Gasteiger partial charge in [0.25, 0.3) is 0 Å². The number of aromatic nitrogens is 4. The third-order valence-electron chi connectivity index (χ3n) is 3.70. The van der Waals surface area contributed by atoms with Crippen LogP contribution in [0, 0.1) is 0 Å². The highest BCUT2D eigenvalue weighted by atomic mass is 16.5. The molecule has 1 N–H and O–H groups in total. The number of hydrogen-bond donors (Lipinski definition) is 1. The number of fused-ring (bicyclic) bond motifs is 1. The molecule has 0 aliphatic rings. The molecule has 2 aromatic heterocycles. The summed E-state index contributed by atoms with van der Waals surface area (Å²) in [5.74, 6) is 2.14. The molecule has 7 heteroatoms. The summed E-state index contributed by atoms with van der Waals surface area (Å²) in [6.07, 6.45) is 4.33. The van der Waals surface area contributed by atoms with E-state index in [4.69, 9.17) is 9.47 Å². The Balaban J connectivity index is 1.69. The molecule has 2 heterocycles. The Morgan fingerprint density at radius 2 is 1.96 bits per heavy atom. The third kappa shape index (κ3) is 3.18. The standard InChI is InChI=1S/C16H19N5O2/c1-21(16-17-9-12-10-18-20-15(12)19-16)7-6-11-4-5-13(22-2)14(8-11)23-3/h4-5,8-10H,6-7H2,1-3H3,(H,17,18,19,20). The molecule has 0 radical (unpaired) electrons. The van der Waals surface area contributed by atoms with Gasteiger partial charge in [-0.05, 0) is 24.1 Å². The van der Waals surface area contributed by atoms with E-state index in [-0.39, 0.29) is 0 Å². The second-order valence-electron chi connectivity index (χ2n) is 5.20. The van der Waals surface area contributed by atoms with E-state index in [1.54, 1.807) is 26.6 Å². The Labute approximate surface area is 134 Å². The smallest absolute Gasteiger partial charge is 0.227 e. The summed E-state index contributed by atoms with van der Waals surface area (Å²) in [7, 11) is 5.24. The van der Waals surface area contributed by atoms with E-state index in [2.05, 4.69) is 20.2 Å². The van der Waals surface area contributed by atoms with Crippen LogP contribution in [-0.4, -0.2) is 48.0 Å². The summed E-state index contributed by atoms with van der Waals surface area (Å²) in [5, 5.41) is 7.72. The lowest BCUT2D eigenvalue weighted by molar-refractivity contribution is 0.354. The molecule has 0 aliphatic heterocycles. The molecular formula is C16H19N5O2. The van der Waals surface area contributed by atoms with E-state index in [9.17, 15) is 0 Å². The minimum Gasteiger partial charge on any atom is -0.493 e. The molecule has 0 saturated heterocycles. The van der Waals surface area contributed by atoms with Crippen molar-refractivity contribution in [3.63, 3.8) is 0 Å². The van der Waals surface area contributed by atoms with Crippen molar-refractivity contribution in [2.75, 3.05) is 32.7 Å². The quantitative estimate of drug-likeness (QED) is 0.750. The molecule has 7 nitrogen and oxygen atoms in total. The molecule has 1 aromatic carbocycles. The van der Waals surface area contributed by atoms with Crippen LogP contribution in [0.15, 0.2) is 30.6 Å². The fourth-order valence-corrected chi connectivity index (χ4v) is 2.35. The number of rotatable bonds is 6. The van der Waals surface area contributed by atoms with E-state index in [1.165, 1.54) is 0 Å². The molecule has 0 fully saturated rings. The molecule has 0 bridgehead atoms. The van der Waals surface area contributed by atoms with Gasteiger partial charge in [-0.1, -0.05) is 6.07 Å². The number of aromatic amines is 1. The zero-order valence-electron chi connectivity index (χ0n) is 13.4. The number of likely N-dealkylation sites (N-methyl/N-ethyl adjacent to an activating group) is 1. The largest absolute Gasteiger partial charge is 0.493 e. The van der Waals surface area contributed by atoms with Crippen molar-refractivity contribution in [3.05, 3.63) is 36.2 Å². The Morgan fingerprint density at radius 1 is 1.13 bits per heavy atom. The molecule has 3 aromatic rings. The van der Waals surface area contributed by atoms with E-state index in [0.717, 1.165) is 41.1 Å². The van der Waals surface area contributed by atoms with Crippen molar-refractivity contribution in [1.29, 1.82) is 0 Å². The van der Waals surface area contributed by atoms with Gasteiger partial charge in [-0.2, -0.15) is 10.1 Å². The first-order chi connectivity index (χ1) is 11.2. The van der Waals surface area contributed by atoms with Crippen molar-refractivity contribution in [2.45, 2.75) is 6.42 Å². The predicted octanol–water partition coefficient (Wildman–Crippen LogP) is 2.05. The molecule has 0 spiro atoms. The molecule has 23 heavy (non-hydrogen) atoms. The van der Waals surface area contributed by atoms with Crippen molar-refractivity contribution < 1.29 is 9.47 Å². The maximum atomic E-state index is 5.33. The Bertz CT molecular complexity index is 802. The van der Waals surface area contributed by atoms with Gasteiger partial charge in [0.2, 0.25) is 5.95 Å². The minimum atomic E-state index is 0.669. The molecule has 120 valence electrons. The first kappa shape index (κ1) is 15.1. The van der Waals surface area contributed by atoms with E-state index in [0.29, 0.717) is 5.95 Å². The second-order valence-corrected chi connectivity index (χ2v) is 5.20. The van der Waals surface area contributed by atoms with Crippen LogP contribution in [0.1, 0.15) is 5.56 Å². The number of benzene rings is 1. The first-order valence-electron chi connectivity index (χ1n) is 7.29. The van der Waals surface area contributed by atoms with Crippen LogP contribution in [-0.2, 0) is 6.42 Å². The summed E-state index contributed by atoms with van der Waals surface area (Å²) in [5.41, 5.74) is 1.91. The first-order valence-corrected chi connectivity index (χ1v) is 7.29. The normalized spacial score (nSPS) is 10.7. The highest BCUT2D eigenvalue weighted by Crippen LogP contribution is 2.27. The number of methoxy groups -OCH3 is 2. The van der Waals surface area contributed by atoms with Crippen LogP contribution in [0.5, 0.6) is 11.5 Å². The summed E-state index contributed by atoms with van der Waals surface area (Å²) in [6.45, 7) is 0.787. The van der Waals surface area contributed by atoms with Gasteiger partial charge in [0.15, 0.2) is 17.1 Å². The fourth-order valence-electron chi connectivity index (χ4n) is 2.35. The predicted molar refractivity (Wildman–Crippen MR) is 88.2 cm³/mol. The van der Waals surface area contributed by atoms with Crippen LogP contribution in [0.4, 0.5) is 5.95 Å². The Morgan fingerprint density at radius 3 is 2.74 bits per heavy atom. The monoisotopic (exact) mass is 313 g/mol. The molecule has 0 unspecified atom stereocenters. The van der Waals surface area contributed by atoms with Crippen LogP contribution in [0.3, 0.4) is 0 Å². The highest BCUT2D eigenvalue weighted by Gasteiger charge is 2.09. The Kier molecular flexibility index (Phi) is 4.27. The molecule has 0 aliphatic carbocycles. The second kappa shape index (κ2) is 6.51. The molecule has 0 saturated carbocycles. The topological polar surface area (TPSA) is 76.2 Å². The van der Waals surface area contributed by atoms with Gasteiger partial charge >= 0.3 is 0 Å². The lowest BCUT2D eigenvalue weighted by Gasteiger charge is -2.17. The zero-order valence-corrected chi connectivity index (χ0v) is 13.4. The summed E-state index contributed by atoms with van der Waals surface area (Å²) < 4.78 is 10.6. The van der Waals surface area contributed by atoms with Crippen LogP contribution in [0.25, 0.3) is 11.0 Å². The number of anilines is 1. The molecule has 3 rings (SSSR count). The van der Waals surface area contributed by atoms with Crippen molar-refractivity contribution in [1.82, 2.24) is 20.2 Å². The van der Waals surface area contributed by atoms with Gasteiger partial charge in [0.1, 0.15) is 0 Å². The molecular weight excluding hydrogens is 294 g/mol. The third-order valence-corrected chi connectivity index (χ3v) is 3.70. The maximum Gasteiger partial charge on any atom is 0.227 e. The van der Waals surface area contributed by atoms with Crippen LogP contribution >= 0.6 is 0 Å². The minimum absolute atomic E-state index is 0.669. The van der Waals surface area contributed by atoms with Gasteiger partial charge in [-0.25, -0.2) is 4.98 Å². The van der Waals surface area contributed by atoms with Crippen LogP contribution in [0.2, 0.25) is 0 Å². The van der Waals surface area contributed by atoms with Gasteiger partial charge in [0.05, 0.1) is 25.8 Å². The number of nitrogens with one attached hydrogen (secondary N) is 1. The van der Waals surface area contributed by atoms with E-state index >= 15 is 0 Å². The summed E-state index contributed by atoms with van der Waals surface area (Å²) >= 11 is 0. The van der Waals surface area contributed by atoms with Gasteiger partial charge < -0.3 is 14.4 Å². The number of ether oxygens (including phenoxy) is 2. The van der Waals surface area contributed by atoms with Gasteiger partial charge in [-0.3, -0.25) is 5.10 Å². The summed E-state index contributed by atoms with van der Waals surface area (Å²) in [4.78, 5) is 10.8. The lowest BCUT2D eigenvalue weighted by Crippen LogP contribution is -2.22. The SMILES string of the molecule is COc1ccc(CCN(C)c2ncc3cn[nH]c3n2)cc1OC. The van der Waals surface area contributed by atoms with E-state index < -0.39 is 0 Å². The van der Waals surface area contributed by atoms with Crippen molar-refractivity contribution in [2.24, 2.45) is 0 Å². The maximum absolute atomic E-state index is 5.33. The number of hydrogen-bond acceptors (Lipinski definition) is 6. The number of nitrogens with zero attached hydrogens (tertiary/aromatic N) is 4. The average Bonchev–Trinajstić information content (AvgIpc) is 3.06. The molecule has 0 amide bonds. The van der Waals surface area contributed by atoms with E-state index in [1.807, 2.05) is 30.1 Å². The van der Waals surface area contributed by atoms with Gasteiger partial charge in [0, 0.05) is 19.8 Å². The molecule has 0 atom stereocenters. The fraction of sp³-hybridized carbons (Fsp3) is 0.312. The summed E-state index contributed by atoms with van der Waals surface area (Å²) in [6, 6.07) is 5.95. The van der Waals surface area contributed by atoms with Crippen molar-refractivity contribution >= 4 is 17.0 Å². The van der Waals surface area contributed by atoms with Crippen LogP contribution < -0.4 is 14.4 Å². The number of H-pyrrole nitrogens is 1. The Hall–Kier alpha value is -2.83. The van der Waals surface area contributed by atoms with Crippen molar-refractivity contribution in [3.8, 4) is 11.5 Å². The average molecular weight is 313 g/mol. The highest BCUT2D eigenvalue weighted by molar-refractivity contribution is 5.73.